The van der Waals surface area contributed by atoms with E-state index in [0.29, 0.717) is 29.3 Å². The Morgan fingerprint density at radius 3 is 2.19 bits per heavy atom. The summed E-state index contributed by atoms with van der Waals surface area (Å²) in [7, 11) is 2.59. The number of ether oxygens (including phenoxy) is 1. The quantitative estimate of drug-likeness (QED) is 0.467. The molecule has 0 aromatic carbocycles. The van der Waals surface area contributed by atoms with Crippen LogP contribution in [0.3, 0.4) is 0 Å². The van der Waals surface area contributed by atoms with Gasteiger partial charge in [0.15, 0.2) is 12.9 Å². The Morgan fingerprint density at radius 2 is 1.67 bits per heavy atom. The predicted molar refractivity (Wildman–Crippen MR) is 121 cm³/mol. The highest BCUT2D eigenvalue weighted by molar-refractivity contribution is 9.11. The van der Waals surface area contributed by atoms with Crippen molar-refractivity contribution in [1.82, 2.24) is 9.47 Å². The third-order valence-electron chi connectivity index (χ3n) is 6.80. The minimum Gasteiger partial charge on any atom is -0.482 e. The number of hydrogen-bond donors (Lipinski definition) is 0. The monoisotopic (exact) mass is 450 g/mol. The molecule has 3 rings (SSSR count). The number of allylic oxidation sites excluding steroid dienone is 3. The molecule has 5 heteroatoms. The van der Waals surface area contributed by atoms with E-state index < -0.39 is 8.24 Å². The van der Waals surface area contributed by atoms with E-state index in [1.807, 2.05) is 0 Å². The van der Waals surface area contributed by atoms with Gasteiger partial charge in [-0.15, -0.1) is 0 Å². The van der Waals surface area contributed by atoms with Crippen molar-refractivity contribution in [1.29, 1.82) is 0 Å². The molecule has 1 aliphatic carbocycles. The lowest BCUT2D eigenvalue weighted by Gasteiger charge is -2.50. The molecule has 0 spiro atoms. The van der Waals surface area contributed by atoms with Gasteiger partial charge < -0.3 is 14.2 Å². The molecule has 0 amide bonds. The van der Waals surface area contributed by atoms with E-state index in [9.17, 15) is 0 Å². The first-order valence-corrected chi connectivity index (χ1v) is 13.2. The second-order valence-electron chi connectivity index (χ2n) is 9.32. The summed E-state index contributed by atoms with van der Waals surface area (Å²) in [6.07, 6.45) is 8.19. The third-order valence-corrected chi connectivity index (χ3v) is 14.0. The fourth-order valence-corrected chi connectivity index (χ4v) is 12.8. The second kappa shape index (κ2) is 7.56. The number of rotatable bonds is 5. The first-order chi connectivity index (χ1) is 12.6. The summed E-state index contributed by atoms with van der Waals surface area (Å²) >= 11 is 3.62. The van der Waals surface area contributed by atoms with Crippen LogP contribution in [0.25, 0.3) is 0 Å². The van der Waals surface area contributed by atoms with Crippen LogP contribution in [0.15, 0.2) is 45.4 Å². The molecular formula is C22H35BrN2OSi. The van der Waals surface area contributed by atoms with Gasteiger partial charge in [0.05, 0.1) is 0 Å². The molecule has 0 N–H and O–H groups in total. The van der Waals surface area contributed by atoms with Crippen molar-refractivity contribution in [2.45, 2.75) is 70.6 Å². The highest BCUT2D eigenvalue weighted by atomic mass is 79.9. The van der Waals surface area contributed by atoms with Crippen LogP contribution in [0.4, 0.5) is 0 Å². The largest absolute Gasteiger partial charge is 0.482 e. The summed E-state index contributed by atoms with van der Waals surface area (Å²) < 4.78 is 9.51. The number of likely N-dealkylation sites (N-methyl/N-ethyl adjacent to an activating group) is 1. The van der Waals surface area contributed by atoms with Gasteiger partial charge in [0.25, 0.3) is 0 Å². The minimum absolute atomic E-state index is 0.426. The molecule has 3 nitrogen and oxygen atoms in total. The SMILES string of the molecule is CC(C)[Si](C(C)C)(C(C)C)N1C=C2C=C(Br)OCC3=C2C(=C1)CC3N(C)C. The normalized spacial score (nSPS) is 22.9. The molecule has 0 fully saturated rings. The Kier molecular flexibility index (Phi) is 5.87. The van der Waals surface area contributed by atoms with Gasteiger partial charge in [-0.25, -0.2) is 0 Å². The highest BCUT2D eigenvalue weighted by Crippen LogP contribution is 2.50. The number of halogens is 1. The van der Waals surface area contributed by atoms with Crippen molar-refractivity contribution in [3.8, 4) is 0 Å². The van der Waals surface area contributed by atoms with Crippen LogP contribution in [0.1, 0.15) is 48.0 Å². The van der Waals surface area contributed by atoms with Gasteiger partial charge in [-0.1, -0.05) is 41.5 Å². The van der Waals surface area contributed by atoms with Crippen LogP contribution < -0.4 is 0 Å². The zero-order valence-corrected chi connectivity index (χ0v) is 20.7. The fraction of sp³-hybridized carbons (Fsp3) is 0.636. The molecule has 0 bridgehead atoms. The van der Waals surface area contributed by atoms with E-state index in [2.05, 4.69) is 99.5 Å². The van der Waals surface area contributed by atoms with Crippen molar-refractivity contribution < 1.29 is 4.74 Å². The molecule has 150 valence electrons. The van der Waals surface area contributed by atoms with Crippen LogP contribution in [0.2, 0.25) is 16.6 Å². The zero-order valence-electron chi connectivity index (χ0n) is 18.1. The highest BCUT2D eigenvalue weighted by Gasteiger charge is 2.49. The lowest BCUT2D eigenvalue weighted by atomic mass is 9.98. The van der Waals surface area contributed by atoms with E-state index in [0.717, 1.165) is 11.1 Å². The Labute approximate surface area is 175 Å². The van der Waals surface area contributed by atoms with Crippen molar-refractivity contribution in [2.75, 3.05) is 20.7 Å². The average Bonchev–Trinajstić information content (AvgIpc) is 2.82. The fourth-order valence-electron chi connectivity index (χ4n) is 5.91. The topological polar surface area (TPSA) is 15.7 Å². The Balaban J connectivity index is 2.19. The number of nitrogens with zero attached hydrogens (tertiary/aromatic N) is 2. The summed E-state index contributed by atoms with van der Waals surface area (Å²) in [5.74, 6) is 0. The molecule has 0 saturated heterocycles. The van der Waals surface area contributed by atoms with Gasteiger partial charge in [0.1, 0.15) is 6.61 Å². The summed E-state index contributed by atoms with van der Waals surface area (Å²) in [5, 5.41) is 0. The second-order valence-corrected chi connectivity index (χ2v) is 15.9. The summed E-state index contributed by atoms with van der Waals surface area (Å²) in [6, 6.07) is 0.426. The van der Waals surface area contributed by atoms with Crippen LogP contribution >= 0.6 is 15.9 Å². The van der Waals surface area contributed by atoms with Crippen LogP contribution in [-0.2, 0) is 4.74 Å². The molecule has 1 unspecified atom stereocenters. The van der Waals surface area contributed by atoms with Crippen LogP contribution in [-0.4, -0.2) is 44.4 Å². The zero-order chi connectivity index (χ0) is 20.1. The van der Waals surface area contributed by atoms with Gasteiger partial charge in [-0.2, -0.15) is 0 Å². The first kappa shape index (κ1) is 20.9. The van der Waals surface area contributed by atoms with Crippen molar-refractivity contribution >= 4 is 24.2 Å². The molecule has 27 heavy (non-hydrogen) atoms. The molecule has 0 radical (unpaired) electrons. The maximum Gasteiger partial charge on any atom is 0.168 e. The van der Waals surface area contributed by atoms with Gasteiger partial charge >= 0.3 is 0 Å². The molecule has 0 saturated carbocycles. The maximum atomic E-state index is 5.99. The Hall–Kier alpha value is -0.783. The minimum atomic E-state index is -1.77. The maximum absolute atomic E-state index is 5.99. The standard InChI is InChI=1S/C22H35BrN2OSi/c1-14(2)27(15(3)4,16(5)6)25-11-17-9-20(24(7)8)19-13-26-21(23)10-18(12-25)22(17)19/h10-12,14-16,20H,9,13H2,1-8H3. The average molecular weight is 452 g/mol. The van der Waals surface area contributed by atoms with Crippen LogP contribution in [0, 0.1) is 0 Å². The molecule has 0 aromatic rings. The summed E-state index contributed by atoms with van der Waals surface area (Å²) in [4.78, 5) is 2.34. The van der Waals surface area contributed by atoms with E-state index in [1.165, 1.54) is 22.3 Å². The third kappa shape index (κ3) is 3.30. The molecule has 3 aliphatic rings. The van der Waals surface area contributed by atoms with Gasteiger partial charge in [0, 0.05) is 17.8 Å². The lowest BCUT2D eigenvalue weighted by Crippen LogP contribution is -2.56. The Bertz CT molecular complexity index is 709. The predicted octanol–water partition coefficient (Wildman–Crippen LogP) is 6.14. The molecule has 0 aromatic heterocycles. The van der Waals surface area contributed by atoms with Gasteiger partial charge in [-0.05, 0) is 82.1 Å². The van der Waals surface area contributed by atoms with E-state index >= 15 is 0 Å². The smallest absolute Gasteiger partial charge is 0.168 e. The van der Waals surface area contributed by atoms with Crippen LogP contribution in [0.5, 0.6) is 0 Å². The van der Waals surface area contributed by atoms with Crippen molar-refractivity contribution in [2.24, 2.45) is 0 Å². The van der Waals surface area contributed by atoms with Crippen molar-refractivity contribution in [3.05, 3.63) is 45.4 Å². The Morgan fingerprint density at radius 1 is 1.07 bits per heavy atom. The first-order valence-electron chi connectivity index (χ1n) is 10.2. The summed E-state index contributed by atoms with van der Waals surface area (Å²) in [6.45, 7) is 15.3. The van der Waals surface area contributed by atoms with E-state index in [1.54, 1.807) is 0 Å². The van der Waals surface area contributed by atoms with E-state index in [4.69, 9.17) is 4.74 Å². The summed E-state index contributed by atoms with van der Waals surface area (Å²) in [5.41, 5.74) is 7.69. The molecule has 2 heterocycles. The molecule has 1 atom stereocenters. The lowest BCUT2D eigenvalue weighted by molar-refractivity contribution is 0.242. The molecule has 2 aliphatic heterocycles. The van der Waals surface area contributed by atoms with Crippen molar-refractivity contribution in [3.63, 3.8) is 0 Å². The number of hydrogen-bond acceptors (Lipinski definition) is 3. The van der Waals surface area contributed by atoms with E-state index in [-0.39, 0.29) is 0 Å². The molecular weight excluding hydrogens is 416 g/mol. The van der Waals surface area contributed by atoms with Gasteiger partial charge in [0.2, 0.25) is 0 Å². The van der Waals surface area contributed by atoms with Gasteiger partial charge in [-0.3, -0.25) is 0 Å².